The van der Waals surface area contributed by atoms with Crippen LogP contribution in [-0.4, -0.2) is 38.3 Å². The van der Waals surface area contributed by atoms with Crippen molar-refractivity contribution in [3.8, 4) is 0 Å². The Kier molecular flexibility index (Phi) is 5.20. The van der Waals surface area contributed by atoms with Crippen molar-refractivity contribution in [3.05, 3.63) is 29.6 Å². The van der Waals surface area contributed by atoms with Crippen LogP contribution in [0.3, 0.4) is 0 Å². The first-order chi connectivity index (χ1) is 5.11. The molecule has 0 saturated carbocycles. The predicted octanol–water partition coefficient (Wildman–Crippen LogP) is 1.07. The van der Waals surface area contributed by atoms with Gasteiger partial charge in [-0.25, -0.2) is 8.60 Å². The standard InChI is InChI=1S/C7H7FO2S.Na.H/c1-5-4-6(8)2-3-7(5)11(9)10;;/h2-4H,1H3,(H,9,10);;. The molecule has 0 amide bonds. The molecule has 1 rings (SSSR count). The second kappa shape index (κ2) is 5.09. The molecule has 1 N–H and O–H groups in total. The minimum absolute atomic E-state index is 0. The number of benzene rings is 1. The van der Waals surface area contributed by atoms with Crippen LogP contribution in [0.2, 0.25) is 0 Å². The van der Waals surface area contributed by atoms with Gasteiger partial charge in [0.2, 0.25) is 0 Å². The van der Waals surface area contributed by atoms with Crippen molar-refractivity contribution in [3.63, 3.8) is 0 Å². The summed E-state index contributed by atoms with van der Waals surface area (Å²) in [5, 5.41) is 0. The second-order valence-electron chi connectivity index (χ2n) is 2.16. The van der Waals surface area contributed by atoms with E-state index in [4.69, 9.17) is 4.55 Å². The first kappa shape index (κ1) is 12.3. The van der Waals surface area contributed by atoms with Crippen LogP contribution in [0.1, 0.15) is 5.56 Å². The topological polar surface area (TPSA) is 37.3 Å². The summed E-state index contributed by atoms with van der Waals surface area (Å²) in [4.78, 5) is 0.256. The zero-order valence-electron chi connectivity index (χ0n) is 5.87. The third kappa shape index (κ3) is 2.95. The molecule has 0 saturated heterocycles. The Hall–Kier alpha value is 0.260. The average Bonchev–Trinajstić information content (AvgIpc) is 1.85. The van der Waals surface area contributed by atoms with Crippen LogP contribution in [0.5, 0.6) is 0 Å². The van der Waals surface area contributed by atoms with Gasteiger partial charge in [-0.05, 0) is 30.7 Å². The van der Waals surface area contributed by atoms with Crippen LogP contribution in [0.15, 0.2) is 23.1 Å². The molecule has 1 atom stereocenters. The number of aryl methyl sites for hydroxylation is 1. The van der Waals surface area contributed by atoms with Gasteiger partial charge in [0.05, 0.1) is 4.90 Å². The summed E-state index contributed by atoms with van der Waals surface area (Å²) >= 11 is -2.02. The molecule has 62 valence electrons. The van der Waals surface area contributed by atoms with Gasteiger partial charge in [0.1, 0.15) is 5.82 Å². The van der Waals surface area contributed by atoms with Gasteiger partial charge in [0.25, 0.3) is 0 Å². The van der Waals surface area contributed by atoms with E-state index in [1.165, 1.54) is 12.1 Å². The molecule has 1 unspecified atom stereocenters. The second-order valence-corrected chi connectivity index (χ2v) is 3.10. The fourth-order valence-corrected chi connectivity index (χ4v) is 1.33. The molecule has 0 aromatic heterocycles. The molecule has 1 aromatic carbocycles. The molecular formula is C7H8FNaO2S. The van der Waals surface area contributed by atoms with Crippen molar-refractivity contribution in [1.29, 1.82) is 0 Å². The van der Waals surface area contributed by atoms with Crippen LogP contribution in [0.25, 0.3) is 0 Å². The molecule has 2 nitrogen and oxygen atoms in total. The first-order valence-electron chi connectivity index (χ1n) is 2.98. The van der Waals surface area contributed by atoms with Gasteiger partial charge >= 0.3 is 29.6 Å². The normalized spacial score (nSPS) is 11.9. The van der Waals surface area contributed by atoms with E-state index in [0.717, 1.165) is 6.07 Å². The van der Waals surface area contributed by atoms with Gasteiger partial charge in [-0.15, -0.1) is 0 Å². The van der Waals surface area contributed by atoms with Crippen LogP contribution in [0, 0.1) is 12.7 Å². The van der Waals surface area contributed by atoms with Crippen molar-refractivity contribution in [2.24, 2.45) is 0 Å². The minimum atomic E-state index is -2.02. The molecule has 1 aromatic rings. The quantitative estimate of drug-likeness (QED) is 0.541. The molecule has 0 aliphatic heterocycles. The fraction of sp³-hybridized carbons (Fsp3) is 0.143. The van der Waals surface area contributed by atoms with Crippen molar-refractivity contribution < 1.29 is 13.2 Å². The summed E-state index contributed by atoms with van der Waals surface area (Å²) in [5.74, 6) is -0.392. The molecule has 0 heterocycles. The van der Waals surface area contributed by atoms with E-state index < -0.39 is 16.9 Å². The van der Waals surface area contributed by atoms with Crippen molar-refractivity contribution in [2.75, 3.05) is 0 Å². The SMILES string of the molecule is Cc1cc(F)ccc1S(=O)O.[NaH]. The molecule has 0 bridgehead atoms. The Labute approximate surface area is 94.8 Å². The van der Waals surface area contributed by atoms with Gasteiger partial charge in [-0.1, -0.05) is 0 Å². The van der Waals surface area contributed by atoms with Crippen molar-refractivity contribution in [1.82, 2.24) is 0 Å². The van der Waals surface area contributed by atoms with Crippen LogP contribution in [0.4, 0.5) is 4.39 Å². The molecule has 0 aliphatic rings. The van der Waals surface area contributed by atoms with Crippen LogP contribution in [-0.2, 0) is 11.1 Å². The third-order valence-electron chi connectivity index (χ3n) is 1.33. The molecule has 0 spiro atoms. The Balaban J connectivity index is 0.00000121. The molecule has 12 heavy (non-hydrogen) atoms. The number of hydrogen-bond acceptors (Lipinski definition) is 1. The number of rotatable bonds is 1. The van der Waals surface area contributed by atoms with E-state index in [1.54, 1.807) is 6.92 Å². The third-order valence-corrected chi connectivity index (χ3v) is 2.16. The van der Waals surface area contributed by atoms with Crippen LogP contribution < -0.4 is 0 Å². The van der Waals surface area contributed by atoms with Gasteiger partial charge < -0.3 is 4.55 Å². The summed E-state index contributed by atoms with van der Waals surface area (Å²) in [5.41, 5.74) is 0.492. The van der Waals surface area contributed by atoms with E-state index in [-0.39, 0.29) is 34.5 Å². The van der Waals surface area contributed by atoms with Gasteiger partial charge in [-0.2, -0.15) is 0 Å². The Morgan fingerprint density at radius 3 is 2.50 bits per heavy atom. The van der Waals surface area contributed by atoms with Crippen molar-refractivity contribution >= 4 is 40.6 Å². The fourth-order valence-electron chi connectivity index (χ4n) is 0.809. The molecular weight excluding hydrogens is 190 g/mol. The number of hydrogen-bond donors (Lipinski definition) is 1. The Bertz CT molecular complexity index is 303. The predicted molar refractivity (Wildman–Crippen MR) is 47.3 cm³/mol. The zero-order chi connectivity index (χ0) is 8.43. The summed E-state index contributed by atoms with van der Waals surface area (Å²) in [6, 6.07) is 3.70. The van der Waals surface area contributed by atoms with Gasteiger partial charge in [0.15, 0.2) is 11.1 Å². The first-order valence-corrected chi connectivity index (χ1v) is 4.09. The van der Waals surface area contributed by atoms with Gasteiger partial charge in [0, 0.05) is 0 Å². The summed E-state index contributed by atoms with van der Waals surface area (Å²) in [6.07, 6.45) is 0. The van der Waals surface area contributed by atoms with E-state index in [1.807, 2.05) is 0 Å². The van der Waals surface area contributed by atoms with E-state index in [0.29, 0.717) is 5.56 Å². The van der Waals surface area contributed by atoms with E-state index in [2.05, 4.69) is 0 Å². The molecule has 0 radical (unpaired) electrons. The number of halogens is 1. The molecule has 5 heteroatoms. The average molecular weight is 198 g/mol. The summed E-state index contributed by atoms with van der Waals surface area (Å²) < 4.78 is 31.6. The maximum absolute atomic E-state index is 12.4. The maximum atomic E-state index is 12.4. The summed E-state index contributed by atoms with van der Waals surface area (Å²) in [7, 11) is 0. The van der Waals surface area contributed by atoms with Crippen molar-refractivity contribution in [2.45, 2.75) is 11.8 Å². The van der Waals surface area contributed by atoms with Crippen LogP contribution >= 0.6 is 0 Å². The van der Waals surface area contributed by atoms with Gasteiger partial charge in [-0.3, -0.25) is 0 Å². The van der Waals surface area contributed by atoms with E-state index >= 15 is 0 Å². The Morgan fingerprint density at radius 1 is 1.50 bits per heavy atom. The molecule has 0 aliphatic carbocycles. The Morgan fingerprint density at radius 2 is 2.08 bits per heavy atom. The zero-order valence-corrected chi connectivity index (χ0v) is 6.69. The van der Waals surface area contributed by atoms with E-state index in [9.17, 15) is 8.60 Å². The monoisotopic (exact) mass is 198 g/mol. The summed E-state index contributed by atoms with van der Waals surface area (Å²) in [6.45, 7) is 1.59. The molecule has 0 fully saturated rings.